The highest BCUT2D eigenvalue weighted by Gasteiger charge is 2.21. The fraction of sp³-hybridized carbons (Fsp3) is 0.0556. The van der Waals surface area contributed by atoms with E-state index in [1.165, 1.54) is 18.2 Å². The quantitative estimate of drug-likeness (QED) is 0.629. The van der Waals surface area contributed by atoms with Crippen LogP contribution in [-0.4, -0.2) is 24.6 Å². The maximum Gasteiger partial charge on any atom is 0.365 e. The predicted molar refractivity (Wildman–Crippen MR) is 90.7 cm³/mol. The molecular weight excluding hydrogens is 330 g/mol. The maximum atomic E-state index is 12.4. The number of methoxy groups -OCH3 is 1. The van der Waals surface area contributed by atoms with Gasteiger partial charge in [-0.2, -0.15) is 0 Å². The van der Waals surface area contributed by atoms with Crippen LogP contribution in [0, 0.1) is 0 Å². The van der Waals surface area contributed by atoms with Crippen LogP contribution in [0.25, 0.3) is 6.08 Å². The smallest absolute Gasteiger partial charge is 0.365 e. The number of carbonyl (C=O) groups is 2. The number of nitrogens with zero attached hydrogens (tertiary/aromatic N) is 1. The molecule has 0 atom stereocenters. The Morgan fingerprint density at radius 1 is 1.08 bits per heavy atom. The van der Waals surface area contributed by atoms with Crippen molar-refractivity contribution in [3.05, 3.63) is 70.3 Å². The minimum Gasteiger partial charge on any atom is -0.497 e. The Hall–Kier alpha value is -2.92. The van der Waals surface area contributed by atoms with Crippen molar-refractivity contribution >= 4 is 35.1 Å². The van der Waals surface area contributed by atoms with Crippen molar-refractivity contribution in [1.82, 2.24) is 0 Å². The van der Waals surface area contributed by atoms with Crippen LogP contribution in [0.15, 0.2) is 53.7 Å². The number of ketones is 1. The lowest BCUT2D eigenvalue weighted by atomic mass is 9.95. The van der Waals surface area contributed by atoms with E-state index in [-0.39, 0.29) is 11.5 Å². The molecule has 0 amide bonds. The third-order valence-corrected chi connectivity index (χ3v) is 3.72. The normalized spacial score (nSPS) is 14.4. The van der Waals surface area contributed by atoms with Gasteiger partial charge in [-0.15, -0.1) is 0 Å². The van der Waals surface area contributed by atoms with Crippen LogP contribution in [0.4, 0.5) is 0 Å². The molecule has 120 valence electrons. The standard InChI is InChI=1S/C18H12ClNO4/c1-23-14-7-8-15-12(10-14)4-9-16(17(15)21)20-24-18(22)11-2-5-13(19)6-3-11/h2-10H,1H3. The van der Waals surface area contributed by atoms with E-state index in [0.717, 1.165) is 5.56 Å². The van der Waals surface area contributed by atoms with Gasteiger partial charge in [-0.25, -0.2) is 4.79 Å². The molecule has 0 N–H and O–H groups in total. The van der Waals surface area contributed by atoms with Crippen molar-refractivity contribution in [2.75, 3.05) is 7.11 Å². The summed E-state index contributed by atoms with van der Waals surface area (Å²) in [7, 11) is 1.55. The first kappa shape index (κ1) is 16.0. The zero-order valence-corrected chi connectivity index (χ0v) is 13.4. The van der Waals surface area contributed by atoms with Gasteiger partial charge in [-0.3, -0.25) is 4.79 Å². The second-order valence-corrected chi connectivity index (χ2v) is 5.41. The molecule has 2 aromatic rings. The number of allylic oxidation sites excluding steroid dienone is 1. The van der Waals surface area contributed by atoms with Gasteiger partial charge in [0.05, 0.1) is 12.7 Å². The largest absolute Gasteiger partial charge is 0.497 e. The van der Waals surface area contributed by atoms with E-state index in [4.69, 9.17) is 21.2 Å². The number of hydrogen-bond donors (Lipinski definition) is 0. The number of ether oxygens (including phenoxy) is 1. The molecule has 0 aromatic heterocycles. The van der Waals surface area contributed by atoms with E-state index >= 15 is 0 Å². The predicted octanol–water partition coefficient (Wildman–Crippen LogP) is 3.77. The first-order chi connectivity index (χ1) is 11.6. The highest BCUT2D eigenvalue weighted by molar-refractivity contribution is 6.52. The summed E-state index contributed by atoms with van der Waals surface area (Å²) < 4.78 is 5.12. The lowest BCUT2D eigenvalue weighted by molar-refractivity contribution is 0.0516. The zero-order chi connectivity index (χ0) is 17.1. The molecule has 3 rings (SSSR count). The molecule has 2 aromatic carbocycles. The first-order valence-electron chi connectivity index (χ1n) is 7.04. The molecule has 0 spiro atoms. The number of halogens is 1. The Morgan fingerprint density at radius 3 is 2.54 bits per heavy atom. The third kappa shape index (κ3) is 3.21. The number of hydrogen-bond acceptors (Lipinski definition) is 5. The summed E-state index contributed by atoms with van der Waals surface area (Å²) in [5.41, 5.74) is 1.54. The van der Waals surface area contributed by atoms with Gasteiger partial charge >= 0.3 is 5.97 Å². The number of rotatable bonds is 3. The Labute approximate surface area is 143 Å². The molecule has 5 nitrogen and oxygen atoms in total. The molecule has 0 unspecified atom stereocenters. The molecule has 0 heterocycles. The molecule has 0 radical (unpaired) electrons. The second-order valence-electron chi connectivity index (χ2n) is 4.98. The van der Waals surface area contributed by atoms with Crippen LogP contribution in [0.5, 0.6) is 5.75 Å². The van der Waals surface area contributed by atoms with Gasteiger partial charge in [-0.1, -0.05) is 22.8 Å². The highest BCUT2D eigenvalue weighted by Crippen LogP contribution is 2.23. The van der Waals surface area contributed by atoms with E-state index in [1.54, 1.807) is 43.5 Å². The Morgan fingerprint density at radius 2 is 1.83 bits per heavy atom. The van der Waals surface area contributed by atoms with Crippen LogP contribution in [-0.2, 0) is 4.84 Å². The highest BCUT2D eigenvalue weighted by atomic mass is 35.5. The molecule has 0 bridgehead atoms. The molecule has 6 heteroatoms. The van der Waals surface area contributed by atoms with Crippen LogP contribution in [0.3, 0.4) is 0 Å². The van der Waals surface area contributed by atoms with Crippen molar-refractivity contribution in [3.63, 3.8) is 0 Å². The van der Waals surface area contributed by atoms with Gasteiger partial charge in [0, 0.05) is 10.6 Å². The fourth-order valence-corrected chi connectivity index (χ4v) is 2.32. The van der Waals surface area contributed by atoms with E-state index < -0.39 is 5.97 Å². The van der Waals surface area contributed by atoms with Gasteiger partial charge in [0.2, 0.25) is 5.78 Å². The van der Waals surface area contributed by atoms with Gasteiger partial charge in [0.1, 0.15) is 5.75 Å². The molecule has 24 heavy (non-hydrogen) atoms. The van der Waals surface area contributed by atoms with E-state index in [9.17, 15) is 9.59 Å². The molecule has 0 aliphatic heterocycles. The van der Waals surface area contributed by atoms with Crippen molar-refractivity contribution in [2.24, 2.45) is 5.16 Å². The van der Waals surface area contributed by atoms with Gasteiger partial charge in [-0.05, 0) is 54.1 Å². The first-order valence-corrected chi connectivity index (χ1v) is 7.42. The minimum absolute atomic E-state index is 0.0509. The summed E-state index contributed by atoms with van der Waals surface area (Å²) in [6, 6.07) is 11.3. The lowest BCUT2D eigenvalue weighted by Gasteiger charge is -2.11. The maximum absolute atomic E-state index is 12.4. The molecule has 1 aliphatic carbocycles. The van der Waals surface area contributed by atoms with Crippen molar-refractivity contribution in [1.29, 1.82) is 0 Å². The van der Waals surface area contributed by atoms with Crippen molar-refractivity contribution in [2.45, 2.75) is 0 Å². The van der Waals surface area contributed by atoms with E-state index in [1.807, 2.05) is 0 Å². The fourth-order valence-electron chi connectivity index (χ4n) is 2.20. The molecular formula is C18H12ClNO4. The third-order valence-electron chi connectivity index (χ3n) is 3.46. The minimum atomic E-state index is -0.666. The summed E-state index contributed by atoms with van der Waals surface area (Å²) in [6.07, 6.45) is 3.22. The molecule has 0 saturated heterocycles. The molecule has 0 saturated carbocycles. The van der Waals surface area contributed by atoms with E-state index in [0.29, 0.717) is 21.9 Å². The summed E-state index contributed by atoms with van der Waals surface area (Å²) in [6.45, 7) is 0. The Bertz CT molecular complexity index is 869. The van der Waals surface area contributed by atoms with Crippen LogP contribution < -0.4 is 4.74 Å². The monoisotopic (exact) mass is 341 g/mol. The van der Waals surface area contributed by atoms with Crippen LogP contribution >= 0.6 is 11.6 Å². The number of carbonyl (C=O) groups excluding carboxylic acids is 2. The number of oxime groups is 1. The molecule has 1 aliphatic rings. The summed E-state index contributed by atoms with van der Waals surface area (Å²) >= 11 is 5.76. The number of Topliss-reactive ketones (excluding diaryl/α,β-unsaturated/α-hetero) is 1. The lowest BCUT2D eigenvalue weighted by Crippen LogP contribution is -2.18. The topological polar surface area (TPSA) is 65.0 Å². The van der Waals surface area contributed by atoms with Gasteiger partial charge in [0.15, 0.2) is 5.71 Å². The summed E-state index contributed by atoms with van der Waals surface area (Å²) in [4.78, 5) is 29.1. The van der Waals surface area contributed by atoms with Crippen molar-refractivity contribution in [3.8, 4) is 5.75 Å². The average Bonchev–Trinajstić information content (AvgIpc) is 2.61. The van der Waals surface area contributed by atoms with E-state index in [2.05, 4.69) is 5.16 Å². The van der Waals surface area contributed by atoms with Crippen molar-refractivity contribution < 1.29 is 19.2 Å². The zero-order valence-electron chi connectivity index (χ0n) is 12.7. The van der Waals surface area contributed by atoms with Gasteiger partial charge < -0.3 is 9.57 Å². The molecule has 0 fully saturated rings. The Balaban J connectivity index is 1.78. The summed E-state index contributed by atoms with van der Waals surface area (Å²) in [5.74, 6) is -0.333. The summed E-state index contributed by atoms with van der Waals surface area (Å²) in [5, 5.41) is 4.18. The van der Waals surface area contributed by atoms with Gasteiger partial charge in [0.25, 0.3) is 0 Å². The SMILES string of the molecule is COc1ccc2c(c1)C=CC(=NOC(=O)c1ccc(Cl)cc1)C2=O. The Kier molecular flexibility index (Phi) is 4.44. The number of fused-ring (bicyclic) bond motifs is 1. The second kappa shape index (κ2) is 6.68. The average molecular weight is 342 g/mol. The number of benzene rings is 2. The van der Waals surface area contributed by atoms with Crippen LogP contribution in [0.2, 0.25) is 5.02 Å². The van der Waals surface area contributed by atoms with Crippen LogP contribution in [0.1, 0.15) is 26.3 Å².